The third-order valence-electron chi connectivity index (χ3n) is 2.24. The lowest BCUT2D eigenvalue weighted by Crippen LogP contribution is -2.09. The first-order valence-electron chi connectivity index (χ1n) is 5.00. The molecule has 0 aliphatic heterocycles. The third-order valence-corrected chi connectivity index (χ3v) is 2.24. The van der Waals surface area contributed by atoms with Crippen LogP contribution >= 0.6 is 0 Å². The fourth-order valence-electron chi connectivity index (χ4n) is 1.20. The number of nitriles is 2. The minimum atomic E-state index is -0.195. The molecular formula is C12H13N5. The van der Waals surface area contributed by atoms with E-state index in [9.17, 15) is 0 Å². The highest BCUT2D eigenvalue weighted by Gasteiger charge is 2.02. The van der Waals surface area contributed by atoms with Crippen LogP contribution in [0.1, 0.15) is 5.56 Å². The molecule has 0 heterocycles. The largest absolute Gasteiger partial charge is 0.378 e. The van der Waals surface area contributed by atoms with E-state index in [2.05, 4.69) is 10.5 Å². The van der Waals surface area contributed by atoms with Gasteiger partial charge in [-0.25, -0.2) is 0 Å². The van der Waals surface area contributed by atoms with Crippen molar-refractivity contribution in [2.24, 2.45) is 5.10 Å². The van der Waals surface area contributed by atoms with Crippen LogP contribution in [0.15, 0.2) is 23.3 Å². The first-order valence-corrected chi connectivity index (χ1v) is 5.00. The van der Waals surface area contributed by atoms with Gasteiger partial charge in [-0.3, -0.25) is 5.43 Å². The monoisotopic (exact) mass is 227 g/mol. The molecule has 0 aliphatic carbocycles. The number of nitrogens with zero attached hydrogens (tertiary/aromatic N) is 4. The zero-order chi connectivity index (χ0) is 12.8. The van der Waals surface area contributed by atoms with Crippen molar-refractivity contribution >= 4 is 17.1 Å². The topological polar surface area (TPSA) is 75.2 Å². The summed E-state index contributed by atoms with van der Waals surface area (Å²) in [5.41, 5.74) is 5.32. The van der Waals surface area contributed by atoms with Gasteiger partial charge in [0.25, 0.3) is 0 Å². The highest BCUT2D eigenvalue weighted by molar-refractivity contribution is 6.10. The highest BCUT2D eigenvalue weighted by Crippen LogP contribution is 2.21. The normalized spacial score (nSPS) is 8.76. The van der Waals surface area contributed by atoms with Crippen LogP contribution in [0.2, 0.25) is 0 Å². The van der Waals surface area contributed by atoms with E-state index in [0.29, 0.717) is 0 Å². The van der Waals surface area contributed by atoms with Crippen molar-refractivity contribution in [3.05, 3.63) is 23.8 Å². The number of hydrazone groups is 1. The Morgan fingerprint density at radius 1 is 1.29 bits per heavy atom. The fraction of sp³-hybridized carbons (Fsp3) is 0.250. The molecule has 5 nitrogen and oxygen atoms in total. The SMILES string of the molecule is Cc1ccc(N(C)C)cc1NN=C(C#N)C#N. The number of nitrogens with one attached hydrogen (secondary N) is 1. The summed E-state index contributed by atoms with van der Waals surface area (Å²) in [5, 5.41) is 20.8. The van der Waals surface area contributed by atoms with Gasteiger partial charge >= 0.3 is 0 Å². The summed E-state index contributed by atoms with van der Waals surface area (Å²) in [4.78, 5) is 1.96. The second kappa shape index (κ2) is 5.53. The summed E-state index contributed by atoms with van der Waals surface area (Å²) in [6.45, 7) is 1.93. The van der Waals surface area contributed by atoms with Gasteiger partial charge in [-0.1, -0.05) is 6.07 Å². The average Bonchev–Trinajstić information content (AvgIpc) is 2.32. The predicted molar refractivity (Wildman–Crippen MR) is 67.8 cm³/mol. The molecule has 1 aromatic rings. The molecule has 0 fully saturated rings. The van der Waals surface area contributed by atoms with Crippen LogP contribution in [0.25, 0.3) is 0 Å². The van der Waals surface area contributed by atoms with Crippen molar-refractivity contribution in [2.45, 2.75) is 6.92 Å². The molecule has 1 N–H and O–H groups in total. The lowest BCUT2D eigenvalue weighted by Gasteiger charge is -2.14. The molecule has 0 saturated heterocycles. The number of benzene rings is 1. The van der Waals surface area contributed by atoms with Gasteiger partial charge in [0, 0.05) is 19.8 Å². The molecule has 86 valence electrons. The number of hydrogen-bond acceptors (Lipinski definition) is 5. The molecule has 0 amide bonds. The highest BCUT2D eigenvalue weighted by atomic mass is 15.3. The zero-order valence-electron chi connectivity index (χ0n) is 10.0. The molecule has 5 heteroatoms. The molecule has 0 unspecified atom stereocenters. The summed E-state index contributed by atoms with van der Waals surface area (Å²) in [6, 6.07) is 9.23. The Kier molecular flexibility index (Phi) is 4.08. The molecule has 0 saturated carbocycles. The number of aryl methyl sites for hydroxylation is 1. The number of anilines is 2. The number of rotatable bonds is 3. The molecule has 17 heavy (non-hydrogen) atoms. The Bertz CT molecular complexity index is 501. The quantitative estimate of drug-likeness (QED) is 0.632. The average molecular weight is 227 g/mol. The zero-order valence-corrected chi connectivity index (χ0v) is 10.0. The molecule has 0 radical (unpaired) electrons. The van der Waals surface area contributed by atoms with E-state index in [0.717, 1.165) is 16.9 Å². The van der Waals surface area contributed by atoms with E-state index < -0.39 is 0 Å². The van der Waals surface area contributed by atoms with E-state index in [1.807, 2.05) is 44.1 Å². The Morgan fingerprint density at radius 3 is 2.47 bits per heavy atom. The van der Waals surface area contributed by atoms with Gasteiger partial charge in [0.05, 0.1) is 5.69 Å². The van der Waals surface area contributed by atoms with Crippen LogP contribution in [0, 0.1) is 29.6 Å². The number of hydrogen-bond donors (Lipinski definition) is 1. The van der Waals surface area contributed by atoms with Crippen LogP contribution in [0.5, 0.6) is 0 Å². The molecule has 0 atom stereocenters. The van der Waals surface area contributed by atoms with E-state index in [-0.39, 0.29) is 5.71 Å². The Hall–Kier alpha value is -2.53. The van der Waals surface area contributed by atoms with E-state index in [1.54, 1.807) is 12.1 Å². The van der Waals surface area contributed by atoms with E-state index in [1.165, 1.54) is 0 Å². The molecule has 0 spiro atoms. The summed E-state index contributed by atoms with van der Waals surface area (Å²) in [5.74, 6) is 0. The van der Waals surface area contributed by atoms with Crippen LogP contribution in [0.3, 0.4) is 0 Å². The Balaban J connectivity index is 3.00. The molecule has 1 aromatic carbocycles. The van der Waals surface area contributed by atoms with Crippen molar-refractivity contribution < 1.29 is 0 Å². The predicted octanol–water partition coefficient (Wildman–Crippen LogP) is 1.88. The minimum Gasteiger partial charge on any atom is -0.378 e. The summed E-state index contributed by atoms with van der Waals surface area (Å²) in [7, 11) is 3.88. The van der Waals surface area contributed by atoms with Crippen molar-refractivity contribution in [3.8, 4) is 12.1 Å². The first-order chi connectivity index (χ1) is 8.08. The lowest BCUT2D eigenvalue weighted by atomic mass is 10.2. The maximum Gasteiger partial charge on any atom is 0.237 e. The molecule has 0 aliphatic rings. The first kappa shape index (κ1) is 12.5. The van der Waals surface area contributed by atoms with Gasteiger partial charge < -0.3 is 4.90 Å². The maximum absolute atomic E-state index is 8.56. The molecular weight excluding hydrogens is 214 g/mol. The van der Waals surface area contributed by atoms with Gasteiger partial charge in [-0.15, -0.1) is 0 Å². The van der Waals surface area contributed by atoms with Crippen LogP contribution in [-0.4, -0.2) is 19.8 Å². The smallest absolute Gasteiger partial charge is 0.237 e. The van der Waals surface area contributed by atoms with Crippen molar-refractivity contribution in [1.82, 2.24) is 0 Å². The van der Waals surface area contributed by atoms with Crippen LogP contribution < -0.4 is 10.3 Å². The lowest BCUT2D eigenvalue weighted by molar-refractivity contribution is 1.13. The fourth-order valence-corrected chi connectivity index (χ4v) is 1.20. The van der Waals surface area contributed by atoms with Gasteiger partial charge in [-0.05, 0) is 24.6 Å². The molecule has 1 rings (SSSR count). The molecule has 0 aromatic heterocycles. The van der Waals surface area contributed by atoms with E-state index in [4.69, 9.17) is 10.5 Å². The molecule has 0 bridgehead atoms. The maximum atomic E-state index is 8.56. The Labute approximate surface area is 101 Å². The van der Waals surface area contributed by atoms with E-state index >= 15 is 0 Å². The van der Waals surface area contributed by atoms with Crippen molar-refractivity contribution in [2.75, 3.05) is 24.4 Å². The van der Waals surface area contributed by atoms with Gasteiger partial charge in [-0.2, -0.15) is 15.6 Å². The van der Waals surface area contributed by atoms with Crippen molar-refractivity contribution in [1.29, 1.82) is 10.5 Å². The summed E-state index contributed by atoms with van der Waals surface area (Å²) in [6.07, 6.45) is 0. The summed E-state index contributed by atoms with van der Waals surface area (Å²) >= 11 is 0. The summed E-state index contributed by atoms with van der Waals surface area (Å²) < 4.78 is 0. The minimum absolute atomic E-state index is 0.195. The third kappa shape index (κ3) is 3.22. The second-order valence-electron chi connectivity index (χ2n) is 3.69. The van der Waals surface area contributed by atoms with Crippen LogP contribution in [0.4, 0.5) is 11.4 Å². The van der Waals surface area contributed by atoms with Gasteiger partial charge in [0.2, 0.25) is 5.71 Å². The van der Waals surface area contributed by atoms with Crippen molar-refractivity contribution in [3.63, 3.8) is 0 Å². The second-order valence-corrected chi connectivity index (χ2v) is 3.69. The standard InChI is InChI=1S/C12H13N5/c1-9-4-5-11(17(2)3)6-12(9)16-15-10(7-13)8-14/h4-6,16H,1-3H3. The van der Waals surface area contributed by atoms with Crippen LogP contribution in [-0.2, 0) is 0 Å². The Morgan fingerprint density at radius 2 is 1.94 bits per heavy atom. The van der Waals surface area contributed by atoms with Gasteiger partial charge in [0.15, 0.2) is 0 Å². The van der Waals surface area contributed by atoms with Gasteiger partial charge in [0.1, 0.15) is 12.1 Å².